The van der Waals surface area contributed by atoms with Crippen molar-refractivity contribution in [1.82, 2.24) is 4.90 Å². The topological polar surface area (TPSA) is 63.5 Å². The third kappa shape index (κ3) is 3.49. The summed E-state index contributed by atoms with van der Waals surface area (Å²) < 4.78 is 27.4. The van der Waals surface area contributed by atoms with E-state index in [0.29, 0.717) is 19.0 Å². The number of carbonyl (C=O) groups is 1. The molecule has 1 aromatic rings. The van der Waals surface area contributed by atoms with Crippen molar-refractivity contribution in [2.45, 2.75) is 26.2 Å². The molecule has 0 aliphatic carbocycles. The highest BCUT2D eigenvalue weighted by Gasteiger charge is 2.27. The Balaban J connectivity index is 3.03. The summed E-state index contributed by atoms with van der Waals surface area (Å²) in [6, 6.07) is 1.44. The third-order valence-corrected chi connectivity index (χ3v) is 2.93. The molecule has 110 valence electrons. The first kappa shape index (κ1) is 16.0. The molecular formula is C13H16F2N2O3. The number of unbranched alkanes of at least 4 members (excludes halogenated alkanes) is 2. The molecule has 0 aromatic heterocycles. The molecule has 20 heavy (non-hydrogen) atoms. The highest BCUT2D eigenvalue weighted by atomic mass is 19.1. The Morgan fingerprint density at radius 1 is 1.35 bits per heavy atom. The van der Waals surface area contributed by atoms with Gasteiger partial charge in [-0.25, -0.2) is 4.39 Å². The Kier molecular flexibility index (Phi) is 5.54. The van der Waals surface area contributed by atoms with Crippen LogP contribution in [-0.2, 0) is 0 Å². The molecule has 0 unspecified atom stereocenters. The van der Waals surface area contributed by atoms with Crippen LogP contribution in [0.3, 0.4) is 0 Å². The molecule has 7 heteroatoms. The minimum atomic E-state index is -1.43. The van der Waals surface area contributed by atoms with E-state index in [0.717, 1.165) is 18.9 Å². The molecule has 1 rings (SSSR count). The van der Waals surface area contributed by atoms with Crippen molar-refractivity contribution < 1.29 is 18.5 Å². The summed E-state index contributed by atoms with van der Waals surface area (Å²) in [6.45, 7) is 2.33. The fourth-order valence-electron chi connectivity index (χ4n) is 1.77. The number of benzene rings is 1. The van der Waals surface area contributed by atoms with Gasteiger partial charge >= 0.3 is 5.69 Å². The lowest BCUT2D eigenvalue weighted by Crippen LogP contribution is -2.29. The van der Waals surface area contributed by atoms with E-state index in [1.165, 1.54) is 11.9 Å². The summed E-state index contributed by atoms with van der Waals surface area (Å²) >= 11 is 0. The number of nitro benzene ring substituents is 1. The van der Waals surface area contributed by atoms with E-state index in [4.69, 9.17) is 0 Å². The summed E-state index contributed by atoms with van der Waals surface area (Å²) in [5.41, 5.74) is -1.78. The van der Waals surface area contributed by atoms with Crippen LogP contribution in [0.1, 0.15) is 36.5 Å². The molecule has 1 amide bonds. The molecule has 0 radical (unpaired) electrons. The molecule has 0 saturated carbocycles. The maximum absolute atomic E-state index is 13.9. The molecule has 0 saturated heterocycles. The van der Waals surface area contributed by atoms with Crippen molar-refractivity contribution in [2.75, 3.05) is 13.6 Å². The smallest absolute Gasteiger partial charge is 0.305 e. The van der Waals surface area contributed by atoms with E-state index in [9.17, 15) is 23.7 Å². The second kappa shape index (κ2) is 6.93. The van der Waals surface area contributed by atoms with Gasteiger partial charge < -0.3 is 4.90 Å². The van der Waals surface area contributed by atoms with Crippen LogP contribution in [0.5, 0.6) is 0 Å². The Bertz CT molecular complexity index is 521. The first-order valence-electron chi connectivity index (χ1n) is 6.28. The quantitative estimate of drug-likeness (QED) is 0.458. The first-order chi connectivity index (χ1) is 9.40. The lowest BCUT2D eigenvalue weighted by Gasteiger charge is -2.17. The van der Waals surface area contributed by atoms with Crippen LogP contribution in [0, 0.1) is 21.7 Å². The van der Waals surface area contributed by atoms with Gasteiger partial charge in [-0.05, 0) is 12.5 Å². The number of carbonyl (C=O) groups excluding carboxylic acids is 1. The van der Waals surface area contributed by atoms with Gasteiger partial charge in [0.1, 0.15) is 11.4 Å². The van der Waals surface area contributed by atoms with Gasteiger partial charge in [-0.1, -0.05) is 19.8 Å². The summed E-state index contributed by atoms with van der Waals surface area (Å²) in [6.07, 6.45) is 2.54. The minimum Gasteiger partial charge on any atom is -0.342 e. The molecular weight excluding hydrogens is 270 g/mol. The molecule has 0 atom stereocenters. The fourth-order valence-corrected chi connectivity index (χ4v) is 1.77. The molecule has 1 aromatic carbocycles. The van der Waals surface area contributed by atoms with Crippen LogP contribution in [0.4, 0.5) is 14.5 Å². The van der Waals surface area contributed by atoms with Crippen LogP contribution in [0.15, 0.2) is 12.1 Å². The summed E-state index contributed by atoms with van der Waals surface area (Å²) in [5.74, 6) is -3.41. The number of amides is 1. The average Bonchev–Trinajstić information content (AvgIpc) is 2.38. The maximum Gasteiger partial charge on any atom is 0.305 e. The predicted octanol–water partition coefficient (Wildman–Crippen LogP) is 3.14. The molecule has 0 bridgehead atoms. The standard InChI is InChI=1S/C13H16F2N2O3/c1-3-4-5-8-16(2)13(18)11-9(14)6-7-10(12(11)15)17(19)20/h6-7H,3-5,8H2,1-2H3. The second-order valence-corrected chi connectivity index (χ2v) is 4.45. The third-order valence-electron chi connectivity index (χ3n) is 2.93. The van der Waals surface area contributed by atoms with E-state index >= 15 is 0 Å². The highest BCUT2D eigenvalue weighted by Crippen LogP contribution is 2.24. The van der Waals surface area contributed by atoms with Gasteiger partial charge in [-0.3, -0.25) is 14.9 Å². The van der Waals surface area contributed by atoms with Crippen molar-refractivity contribution in [3.05, 3.63) is 39.4 Å². The lowest BCUT2D eigenvalue weighted by molar-refractivity contribution is -0.387. The zero-order chi connectivity index (χ0) is 15.3. The maximum atomic E-state index is 13.9. The summed E-state index contributed by atoms with van der Waals surface area (Å²) in [4.78, 5) is 22.8. The van der Waals surface area contributed by atoms with Gasteiger partial charge in [0.15, 0.2) is 0 Å². The van der Waals surface area contributed by atoms with Gasteiger partial charge in [0.05, 0.1) is 4.92 Å². The highest BCUT2D eigenvalue weighted by molar-refractivity contribution is 5.95. The molecule has 0 aliphatic rings. The number of nitrogens with zero attached hydrogens (tertiary/aromatic N) is 2. The number of rotatable bonds is 6. The number of nitro groups is 1. The SMILES string of the molecule is CCCCCN(C)C(=O)c1c(F)ccc([N+](=O)[O-])c1F. The fraction of sp³-hybridized carbons (Fsp3) is 0.462. The zero-order valence-corrected chi connectivity index (χ0v) is 11.4. The van der Waals surface area contributed by atoms with Crippen molar-refractivity contribution in [3.63, 3.8) is 0 Å². The van der Waals surface area contributed by atoms with Crippen LogP contribution >= 0.6 is 0 Å². The average molecular weight is 286 g/mol. The monoisotopic (exact) mass is 286 g/mol. The predicted molar refractivity (Wildman–Crippen MR) is 69.5 cm³/mol. The van der Waals surface area contributed by atoms with E-state index < -0.39 is 33.7 Å². The van der Waals surface area contributed by atoms with Gasteiger partial charge in [0.25, 0.3) is 5.91 Å². The van der Waals surface area contributed by atoms with E-state index in [-0.39, 0.29) is 0 Å². The van der Waals surface area contributed by atoms with Crippen molar-refractivity contribution >= 4 is 11.6 Å². The summed E-state index contributed by atoms with van der Waals surface area (Å²) in [7, 11) is 1.41. The van der Waals surface area contributed by atoms with E-state index in [2.05, 4.69) is 0 Å². The second-order valence-electron chi connectivity index (χ2n) is 4.45. The Morgan fingerprint density at radius 3 is 2.55 bits per heavy atom. The number of halogens is 2. The van der Waals surface area contributed by atoms with E-state index in [1.807, 2.05) is 6.92 Å². The normalized spacial score (nSPS) is 10.4. The zero-order valence-electron chi connectivity index (χ0n) is 11.4. The number of hydrogen-bond acceptors (Lipinski definition) is 3. The van der Waals surface area contributed by atoms with Crippen LogP contribution in [-0.4, -0.2) is 29.3 Å². The van der Waals surface area contributed by atoms with Gasteiger partial charge in [0.2, 0.25) is 5.82 Å². The number of hydrogen-bond donors (Lipinski definition) is 0. The van der Waals surface area contributed by atoms with Crippen molar-refractivity contribution in [2.24, 2.45) is 0 Å². The van der Waals surface area contributed by atoms with Crippen LogP contribution < -0.4 is 0 Å². The van der Waals surface area contributed by atoms with Gasteiger partial charge in [-0.15, -0.1) is 0 Å². The molecule has 0 N–H and O–H groups in total. The minimum absolute atomic E-state index is 0.342. The molecule has 5 nitrogen and oxygen atoms in total. The van der Waals surface area contributed by atoms with Crippen molar-refractivity contribution in [1.29, 1.82) is 0 Å². The Morgan fingerprint density at radius 2 is 2.00 bits per heavy atom. The van der Waals surface area contributed by atoms with Gasteiger partial charge in [0, 0.05) is 19.7 Å². The first-order valence-corrected chi connectivity index (χ1v) is 6.28. The molecule has 0 aliphatic heterocycles. The van der Waals surface area contributed by atoms with Crippen LogP contribution in [0.2, 0.25) is 0 Å². The van der Waals surface area contributed by atoms with Gasteiger partial charge in [-0.2, -0.15) is 4.39 Å². The molecule has 0 spiro atoms. The molecule has 0 heterocycles. The molecule has 0 fully saturated rings. The lowest BCUT2D eigenvalue weighted by atomic mass is 10.1. The summed E-state index contributed by atoms with van der Waals surface area (Å²) in [5, 5.41) is 10.6. The van der Waals surface area contributed by atoms with Crippen molar-refractivity contribution in [3.8, 4) is 0 Å². The van der Waals surface area contributed by atoms with E-state index in [1.54, 1.807) is 0 Å². The Labute approximate surface area is 115 Å². The largest absolute Gasteiger partial charge is 0.342 e. The Hall–Kier alpha value is -2.05. The van der Waals surface area contributed by atoms with Crippen LogP contribution in [0.25, 0.3) is 0 Å².